The van der Waals surface area contributed by atoms with E-state index in [2.05, 4.69) is 25.1 Å². The third kappa shape index (κ3) is 4.98. The van der Waals surface area contributed by atoms with Crippen molar-refractivity contribution < 1.29 is 22.6 Å². The van der Waals surface area contributed by atoms with Gasteiger partial charge in [-0.3, -0.25) is 0 Å². The van der Waals surface area contributed by atoms with Crippen molar-refractivity contribution in [3.05, 3.63) is 41.9 Å². The number of nitrogens with zero attached hydrogens (tertiary/aromatic N) is 6. The molecule has 0 amide bonds. The number of pyridine rings is 1. The lowest BCUT2D eigenvalue weighted by molar-refractivity contribution is 0.122. The van der Waals surface area contributed by atoms with E-state index in [-0.39, 0.29) is 25.0 Å². The van der Waals surface area contributed by atoms with Crippen LogP contribution in [-0.2, 0) is 20.3 Å². The highest BCUT2D eigenvalue weighted by Crippen LogP contribution is 2.40. The first-order valence-corrected chi connectivity index (χ1v) is 13.2. The monoisotopic (exact) mass is 502 g/mol. The number of hydrogen-bond donors (Lipinski definition) is 0. The summed E-state index contributed by atoms with van der Waals surface area (Å²) in [5.41, 5.74) is 1.55. The van der Waals surface area contributed by atoms with E-state index < -0.39 is 21.0 Å². The predicted octanol–water partition coefficient (Wildman–Crippen LogP) is 2.52. The van der Waals surface area contributed by atoms with E-state index in [1.165, 1.54) is 0 Å². The Morgan fingerprint density at radius 1 is 1.20 bits per heavy atom. The first-order valence-electron chi connectivity index (χ1n) is 11.4. The lowest BCUT2D eigenvalue weighted by Gasteiger charge is -2.21. The van der Waals surface area contributed by atoms with Gasteiger partial charge in [-0.15, -0.1) is 10.2 Å². The molecule has 0 aliphatic carbocycles. The molecule has 1 aliphatic rings. The molecule has 0 saturated heterocycles. The molecule has 3 aromatic rings. The Morgan fingerprint density at radius 2 is 1.94 bits per heavy atom. The maximum absolute atomic E-state index is 13.5. The van der Waals surface area contributed by atoms with Crippen LogP contribution in [-0.4, -0.2) is 70.3 Å². The second-order valence-electron chi connectivity index (χ2n) is 8.58. The van der Waals surface area contributed by atoms with Crippen LogP contribution in [0.1, 0.15) is 49.9 Å². The molecule has 0 aromatic carbocycles. The molecule has 1 aliphatic heterocycles. The lowest BCUT2D eigenvalue weighted by atomic mass is 10.1. The summed E-state index contributed by atoms with van der Waals surface area (Å²) >= 11 is 0. The van der Waals surface area contributed by atoms with Crippen LogP contribution in [0.2, 0.25) is 0 Å². The van der Waals surface area contributed by atoms with E-state index in [1.54, 1.807) is 43.3 Å². The van der Waals surface area contributed by atoms with Crippen molar-refractivity contribution in [3.63, 3.8) is 0 Å². The smallest absolute Gasteiger partial charge is 0.257 e. The molecule has 12 heteroatoms. The van der Waals surface area contributed by atoms with Crippen molar-refractivity contribution in [2.45, 2.75) is 50.7 Å². The molecule has 3 aromatic heterocycles. The minimum absolute atomic E-state index is 0.216. The largest absolute Gasteiger partial charge is 0.485 e. The number of ether oxygens (including phenoxy) is 3. The van der Waals surface area contributed by atoms with Crippen LogP contribution in [0, 0.1) is 6.92 Å². The maximum Gasteiger partial charge on any atom is 0.257 e. The summed E-state index contributed by atoms with van der Waals surface area (Å²) in [5, 5.41) is 7.91. The molecule has 0 N–H and O–H groups in total. The molecule has 188 valence electrons. The molecule has 0 fully saturated rings. The fraction of sp³-hybridized carbons (Fsp3) is 0.522. The Morgan fingerprint density at radius 3 is 2.63 bits per heavy atom. The van der Waals surface area contributed by atoms with E-state index in [0.29, 0.717) is 41.3 Å². The summed E-state index contributed by atoms with van der Waals surface area (Å²) in [6, 6.07) is 1.41. The van der Waals surface area contributed by atoms with E-state index in [9.17, 15) is 8.42 Å². The predicted molar refractivity (Wildman–Crippen MR) is 128 cm³/mol. The molecular formula is C23H30N6O5S. The topological polar surface area (TPSA) is 131 Å². The van der Waals surface area contributed by atoms with Gasteiger partial charge >= 0.3 is 0 Å². The molecule has 0 spiro atoms. The quantitative estimate of drug-likeness (QED) is 0.430. The lowest BCUT2D eigenvalue weighted by Crippen LogP contribution is -2.29. The van der Waals surface area contributed by atoms with Crippen LogP contribution in [0.4, 0.5) is 0 Å². The minimum Gasteiger partial charge on any atom is -0.485 e. The molecular weight excluding hydrogens is 472 g/mol. The van der Waals surface area contributed by atoms with Gasteiger partial charge in [-0.05, 0) is 32.4 Å². The van der Waals surface area contributed by atoms with Crippen LogP contribution < -0.4 is 9.47 Å². The van der Waals surface area contributed by atoms with E-state index >= 15 is 0 Å². The highest BCUT2D eigenvalue weighted by molar-refractivity contribution is 7.91. The van der Waals surface area contributed by atoms with Gasteiger partial charge in [-0.1, -0.05) is 6.92 Å². The SMILES string of the molecule is CCOc1nccc2c1OC[C@@H](COC)n1c(CS(=O)(=O)[C@@H](C)[C@H](C)c3ncc(C)cn3)nnc1-2. The molecule has 3 atom stereocenters. The summed E-state index contributed by atoms with van der Waals surface area (Å²) in [6.07, 6.45) is 4.98. The van der Waals surface area contributed by atoms with Crippen molar-refractivity contribution in [2.75, 3.05) is 26.9 Å². The van der Waals surface area contributed by atoms with Crippen LogP contribution in [0.3, 0.4) is 0 Å². The van der Waals surface area contributed by atoms with Gasteiger partial charge in [0.2, 0.25) is 0 Å². The van der Waals surface area contributed by atoms with Crippen molar-refractivity contribution in [1.29, 1.82) is 0 Å². The van der Waals surface area contributed by atoms with Gasteiger partial charge in [0.05, 0.1) is 30.1 Å². The van der Waals surface area contributed by atoms with Gasteiger partial charge in [0, 0.05) is 31.6 Å². The Hall–Kier alpha value is -3.12. The Balaban J connectivity index is 1.70. The van der Waals surface area contributed by atoms with Crippen LogP contribution >= 0.6 is 0 Å². The Bertz CT molecular complexity index is 1280. The zero-order valence-corrected chi connectivity index (χ0v) is 21.3. The number of aromatic nitrogens is 6. The molecule has 0 saturated carbocycles. The maximum atomic E-state index is 13.5. The number of sulfone groups is 1. The fourth-order valence-electron chi connectivity index (χ4n) is 4.01. The minimum atomic E-state index is -3.64. The van der Waals surface area contributed by atoms with Crippen molar-refractivity contribution in [1.82, 2.24) is 29.7 Å². The van der Waals surface area contributed by atoms with Gasteiger partial charge in [0.1, 0.15) is 24.0 Å². The molecule has 11 nitrogen and oxygen atoms in total. The second kappa shape index (κ2) is 10.2. The van der Waals surface area contributed by atoms with Crippen molar-refractivity contribution >= 4 is 9.84 Å². The Kier molecular flexibility index (Phi) is 7.31. The summed E-state index contributed by atoms with van der Waals surface area (Å²) in [7, 11) is -2.06. The third-order valence-corrected chi connectivity index (χ3v) is 8.32. The highest BCUT2D eigenvalue weighted by atomic mass is 32.2. The summed E-state index contributed by atoms with van der Waals surface area (Å²) in [4.78, 5) is 12.9. The fourth-order valence-corrected chi connectivity index (χ4v) is 5.58. The van der Waals surface area contributed by atoms with Gasteiger partial charge in [0.25, 0.3) is 5.88 Å². The number of methoxy groups -OCH3 is 1. The molecule has 35 heavy (non-hydrogen) atoms. The highest BCUT2D eigenvalue weighted by Gasteiger charge is 2.35. The average molecular weight is 503 g/mol. The average Bonchev–Trinajstić information content (AvgIpc) is 3.16. The van der Waals surface area contributed by atoms with Crippen LogP contribution in [0.25, 0.3) is 11.4 Å². The zero-order valence-electron chi connectivity index (χ0n) is 20.5. The third-order valence-electron chi connectivity index (χ3n) is 6.11. The van der Waals surface area contributed by atoms with Crippen LogP contribution in [0.5, 0.6) is 11.6 Å². The molecule has 0 bridgehead atoms. The van der Waals surface area contributed by atoms with Gasteiger partial charge in [0.15, 0.2) is 21.4 Å². The number of rotatable bonds is 9. The van der Waals surface area contributed by atoms with E-state index in [0.717, 1.165) is 5.56 Å². The normalized spacial score (nSPS) is 17.0. The standard InChI is InChI=1S/C23H30N6O5S/c1-6-33-23-20-18(7-8-24-23)22-28-27-19(29(22)17(11-32-5)12-34-20)13-35(30,31)16(4)15(3)21-25-9-14(2)10-26-21/h7-10,15-17H,6,11-13H2,1-5H3/t15-,16-,17+/m0/s1. The molecule has 0 unspecified atom stereocenters. The first kappa shape index (κ1) is 25.0. The Labute approximate surface area is 204 Å². The number of aryl methyl sites for hydroxylation is 1. The molecule has 4 heterocycles. The van der Waals surface area contributed by atoms with E-state index in [1.807, 2.05) is 20.8 Å². The summed E-state index contributed by atoms with van der Waals surface area (Å²) in [6.45, 7) is 8.16. The summed E-state index contributed by atoms with van der Waals surface area (Å²) in [5.74, 6) is 1.40. The van der Waals surface area contributed by atoms with Gasteiger partial charge in [-0.2, -0.15) is 0 Å². The zero-order chi connectivity index (χ0) is 25.2. The number of hydrogen-bond acceptors (Lipinski definition) is 10. The summed E-state index contributed by atoms with van der Waals surface area (Å²) < 4.78 is 45.8. The molecule has 4 rings (SSSR count). The second-order valence-corrected chi connectivity index (χ2v) is 10.9. The van der Waals surface area contributed by atoms with Gasteiger partial charge in [-0.25, -0.2) is 23.4 Å². The molecule has 0 radical (unpaired) electrons. The van der Waals surface area contributed by atoms with E-state index in [4.69, 9.17) is 14.2 Å². The first-order chi connectivity index (χ1) is 16.8. The number of fused-ring (bicyclic) bond motifs is 3. The van der Waals surface area contributed by atoms with Crippen molar-refractivity contribution in [3.8, 4) is 23.0 Å². The van der Waals surface area contributed by atoms with Gasteiger partial charge < -0.3 is 18.8 Å². The van der Waals surface area contributed by atoms with Crippen molar-refractivity contribution in [2.24, 2.45) is 0 Å². The van der Waals surface area contributed by atoms with Crippen LogP contribution in [0.15, 0.2) is 24.7 Å².